The van der Waals surface area contributed by atoms with Crippen molar-refractivity contribution in [1.82, 2.24) is 14.8 Å². The van der Waals surface area contributed by atoms with Crippen molar-refractivity contribution in [2.24, 2.45) is 11.8 Å². The number of hydrogen-bond donors (Lipinski definition) is 1. The molecule has 1 amide bonds. The molecule has 1 aliphatic rings. The van der Waals surface area contributed by atoms with Crippen LogP contribution in [0.4, 0.5) is 0 Å². The van der Waals surface area contributed by atoms with Crippen molar-refractivity contribution in [3.05, 3.63) is 11.5 Å². The highest BCUT2D eigenvalue weighted by molar-refractivity contribution is 7.89. The van der Waals surface area contributed by atoms with E-state index in [0.717, 1.165) is 12.8 Å². The molecule has 2 heterocycles. The lowest BCUT2D eigenvalue weighted by Crippen LogP contribution is -2.43. The predicted molar refractivity (Wildman–Crippen MR) is 94.5 cm³/mol. The number of amides is 1. The van der Waals surface area contributed by atoms with Gasteiger partial charge in [0.25, 0.3) is 0 Å². The summed E-state index contributed by atoms with van der Waals surface area (Å²) in [6.45, 7) is 8.82. The molecule has 1 aliphatic heterocycles. The van der Waals surface area contributed by atoms with Gasteiger partial charge < -0.3 is 9.84 Å². The molecule has 1 saturated heterocycles. The Morgan fingerprint density at radius 3 is 2.52 bits per heavy atom. The van der Waals surface area contributed by atoms with Crippen molar-refractivity contribution in [1.29, 1.82) is 0 Å². The molecular weight excluding hydrogens is 342 g/mol. The van der Waals surface area contributed by atoms with E-state index in [1.54, 1.807) is 13.8 Å². The minimum atomic E-state index is -3.59. The zero-order chi connectivity index (χ0) is 18.6. The van der Waals surface area contributed by atoms with Gasteiger partial charge in [-0.3, -0.25) is 4.79 Å². The van der Waals surface area contributed by atoms with Gasteiger partial charge in [0.2, 0.25) is 15.9 Å². The van der Waals surface area contributed by atoms with Crippen LogP contribution in [0.25, 0.3) is 0 Å². The van der Waals surface area contributed by atoms with Gasteiger partial charge in [0.15, 0.2) is 5.76 Å². The summed E-state index contributed by atoms with van der Waals surface area (Å²) in [5.41, 5.74) is 0.392. The summed E-state index contributed by atoms with van der Waals surface area (Å²) in [6, 6.07) is 0. The van der Waals surface area contributed by atoms with Crippen molar-refractivity contribution in [2.75, 3.05) is 19.6 Å². The Morgan fingerprint density at radius 1 is 1.36 bits per heavy atom. The highest BCUT2D eigenvalue weighted by Gasteiger charge is 2.36. The Hall–Kier alpha value is -1.41. The first-order valence-corrected chi connectivity index (χ1v) is 10.4. The summed E-state index contributed by atoms with van der Waals surface area (Å²) in [5, 5.41) is 6.71. The van der Waals surface area contributed by atoms with E-state index in [2.05, 4.69) is 17.4 Å². The summed E-state index contributed by atoms with van der Waals surface area (Å²) < 4.78 is 32.1. The second-order valence-electron chi connectivity index (χ2n) is 6.83. The fourth-order valence-electron chi connectivity index (χ4n) is 3.35. The Labute approximate surface area is 150 Å². The molecule has 1 aromatic rings. The molecule has 0 unspecified atom stereocenters. The molecule has 0 saturated carbocycles. The first-order valence-electron chi connectivity index (χ1n) is 8.99. The van der Waals surface area contributed by atoms with Gasteiger partial charge in [-0.2, -0.15) is 4.31 Å². The largest absolute Gasteiger partial charge is 0.360 e. The smallest absolute Gasteiger partial charge is 0.248 e. The van der Waals surface area contributed by atoms with Crippen LogP contribution in [0.3, 0.4) is 0 Å². The minimum Gasteiger partial charge on any atom is -0.360 e. The molecule has 25 heavy (non-hydrogen) atoms. The van der Waals surface area contributed by atoms with Crippen LogP contribution in [0.1, 0.15) is 51.0 Å². The number of carbonyl (C=O) groups is 1. The number of carbonyl (C=O) groups excluding carboxylic acids is 1. The van der Waals surface area contributed by atoms with E-state index < -0.39 is 10.0 Å². The Bertz CT molecular complexity index is 671. The van der Waals surface area contributed by atoms with Crippen molar-refractivity contribution >= 4 is 15.9 Å². The van der Waals surface area contributed by atoms with E-state index in [9.17, 15) is 13.2 Å². The molecule has 0 bridgehead atoms. The van der Waals surface area contributed by atoms with Crippen LogP contribution in [-0.4, -0.2) is 43.4 Å². The summed E-state index contributed by atoms with van der Waals surface area (Å²) in [6.07, 6.45) is 3.40. The second-order valence-corrected chi connectivity index (χ2v) is 8.70. The van der Waals surface area contributed by atoms with Gasteiger partial charge in [0, 0.05) is 25.6 Å². The molecule has 0 spiro atoms. The molecule has 0 aromatic carbocycles. The van der Waals surface area contributed by atoms with Gasteiger partial charge in [-0.25, -0.2) is 8.42 Å². The fraction of sp³-hybridized carbons (Fsp3) is 0.765. The second kappa shape index (κ2) is 8.31. The number of nitrogens with zero attached hydrogens (tertiary/aromatic N) is 2. The first kappa shape index (κ1) is 19.9. The van der Waals surface area contributed by atoms with Gasteiger partial charge in [0.1, 0.15) is 10.6 Å². The first-order chi connectivity index (χ1) is 11.8. The zero-order valence-corrected chi connectivity index (χ0v) is 16.4. The maximum absolute atomic E-state index is 12.8. The summed E-state index contributed by atoms with van der Waals surface area (Å²) in [4.78, 5) is 12.4. The Balaban J connectivity index is 1.96. The predicted octanol–water partition coefficient (Wildman–Crippen LogP) is 2.24. The van der Waals surface area contributed by atoms with Gasteiger partial charge in [-0.1, -0.05) is 25.4 Å². The number of unbranched alkanes of at least 4 members (excludes halogenated alkanes) is 1. The van der Waals surface area contributed by atoms with Crippen molar-refractivity contribution in [2.45, 2.75) is 58.3 Å². The third kappa shape index (κ3) is 4.41. The van der Waals surface area contributed by atoms with Gasteiger partial charge in [-0.15, -0.1) is 0 Å². The lowest BCUT2D eigenvalue weighted by atomic mass is 9.85. The minimum absolute atomic E-state index is 0.0699. The van der Waals surface area contributed by atoms with Crippen LogP contribution in [0.5, 0.6) is 0 Å². The van der Waals surface area contributed by atoms with Crippen LogP contribution in [0.2, 0.25) is 0 Å². The monoisotopic (exact) mass is 371 g/mol. The third-order valence-electron chi connectivity index (χ3n) is 5.01. The number of hydrogen-bond acceptors (Lipinski definition) is 5. The molecule has 7 nitrogen and oxygen atoms in total. The molecule has 142 valence electrons. The normalized spacial score (nSPS) is 18.2. The van der Waals surface area contributed by atoms with E-state index in [1.165, 1.54) is 4.31 Å². The maximum Gasteiger partial charge on any atom is 0.248 e. The van der Waals surface area contributed by atoms with Crippen molar-refractivity contribution in [3.8, 4) is 0 Å². The lowest BCUT2D eigenvalue weighted by molar-refractivity contribution is -0.126. The molecule has 0 aliphatic carbocycles. The molecule has 1 fully saturated rings. The molecule has 1 aromatic heterocycles. The molecule has 8 heteroatoms. The van der Waals surface area contributed by atoms with Gasteiger partial charge >= 0.3 is 0 Å². The molecule has 1 atom stereocenters. The van der Waals surface area contributed by atoms with Crippen LogP contribution in [0, 0.1) is 25.7 Å². The Kier molecular flexibility index (Phi) is 6.62. The highest BCUT2D eigenvalue weighted by atomic mass is 32.2. The van der Waals surface area contributed by atoms with E-state index in [-0.39, 0.29) is 22.6 Å². The molecule has 2 rings (SSSR count). The third-order valence-corrected chi connectivity index (χ3v) is 7.16. The fourth-order valence-corrected chi connectivity index (χ4v) is 5.11. The standard InChI is InChI=1S/C17H29N3O4S/c1-5-6-9-18-17(21)12(2)15-7-10-20(11-8-15)25(22,23)16-13(3)19-24-14(16)4/h12,15H,5-11H2,1-4H3,(H,18,21)/t12-/m1/s1. The van der Waals surface area contributed by atoms with Gasteiger partial charge in [-0.05, 0) is 39.0 Å². The number of aryl methyl sites for hydroxylation is 2. The maximum atomic E-state index is 12.8. The molecule has 1 N–H and O–H groups in total. The van der Waals surface area contributed by atoms with E-state index in [1.807, 2.05) is 6.92 Å². The van der Waals surface area contributed by atoms with E-state index in [0.29, 0.717) is 43.9 Å². The van der Waals surface area contributed by atoms with Crippen LogP contribution in [-0.2, 0) is 14.8 Å². The number of aromatic nitrogens is 1. The Morgan fingerprint density at radius 2 is 2.00 bits per heavy atom. The summed E-state index contributed by atoms with van der Waals surface area (Å²) >= 11 is 0. The number of sulfonamides is 1. The van der Waals surface area contributed by atoms with Crippen molar-refractivity contribution < 1.29 is 17.7 Å². The van der Waals surface area contributed by atoms with E-state index in [4.69, 9.17) is 4.52 Å². The number of piperidine rings is 1. The summed E-state index contributed by atoms with van der Waals surface area (Å²) in [7, 11) is -3.59. The van der Waals surface area contributed by atoms with Crippen LogP contribution >= 0.6 is 0 Å². The molecule has 0 radical (unpaired) electrons. The van der Waals surface area contributed by atoms with Crippen molar-refractivity contribution in [3.63, 3.8) is 0 Å². The summed E-state index contributed by atoms with van der Waals surface area (Å²) in [5.74, 6) is 0.502. The van der Waals surface area contributed by atoms with Gasteiger partial charge in [0.05, 0.1) is 0 Å². The zero-order valence-electron chi connectivity index (χ0n) is 15.5. The number of nitrogens with one attached hydrogen (secondary N) is 1. The number of rotatable bonds is 7. The average molecular weight is 372 g/mol. The van der Waals surface area contributed by atoms with Crippen LogP contribution in [0.15, 0.2) is 9.42 Å². The van der Waals surface area contributed by atoms with E-state index >= 15 is 0 Å². The topological polar surface area (TPSA) is 92.5 Å². The average Bonchev–Trinajstić information content (AvgIpc) is 2.93. The lowest BCUT2D eigenvalue weighted by Gasteiger charge is -2.33. The highest BCUT2D eigenvalue weighted by Crippen LogP contribution is 2.30. The van der Waals surface area contributed by atoms with Crippen LogP contribution < -0.4 is 5.32 Å². The quantitative estimate of drug-likeness (QED) is 0.742. The SMILES string of the molecule is CCCCNC(=O)[C@H](C)C1CCN(S(=O)(=O)c2c(C)noc2C)CC1. The molecular formula is C17H29N3O4S.